The van der Waals surface area contributed by atoms with Crippen LogP contribution in [0.2, 0.25) is 0 Å². The standard InChI is InChI=1S/C11H11NO3/c1-8-4-6-15-10(8)7-12-5-2-3-9(12)11(13)14/h2-6H,7H2,1H3,(H,13,14). The molecule has 0 fully saturated rings. The van der Waals surface area contributed by atoms with Crippen molar-refractivity contribution in [3.63, 3.8) is 0 Å². The second kappa shape index (κ2) is 3.65. The van der Waals surface area contributed by atoms with Crippen LogP contribution in [0.15, 0.2) is 35.1 Å². The Labute approximate surface area is 86.8 Å². The number of carboxylic acid groups (broad SMARTS) is 1. The third-order valence-corrected chi connectivity index (χ3v) is 2.33. The van der Waals surface area contributed by atoms with Gasteiger partial charge in [0.05, 0.1) is 12.8 Å². The topological polar surface area (TPSA) is 55.4 Å². The first-order valence-electron chi connectivity index (χ1n) is 4.60. The van der Waals surface area contributed by atoms with E-state index in [1.807, 2.05) is 13.0 Å². The summed E-state index contributed by atoms with van der Waals surface area (Å²) < 4.78 is 6.91. The molecule has 4 nitrogen and oxygen atoms in total. The Kier molecular flexibility index (Phi) is 2.33. The molecule has 2 aromatic rings. The number of rotatable bonds is 3. The van der Waals surface area contributed by atoms with Crippen molar-refractivity contribution < 1.29 is 14.3 Å². The summed E-state index contributed by atoms with van der Waals surface area (Å²) in [4.78, 5) is 10.8. The molecule has 0 aliphatic carbocycles. The molecule has 0 unspecified atom stereocenters. The number of hydrogen-bond donors (Lipinski definition) is 1. The van der Waals surface area contributed by atoms with Crippen molar-refractivity contribution in [1.29, 1.82) is 0 Å². The van der Waals surface area contributed by atoms with Crippen molar-refractivity contribution in [3.8, 4) is 0 Å². The van der Waals surface area contributed by atoms with Crippen LogP contribution in [0.25, 0.3) is 0 Å². The van der Waals surface area contributed by atoms with Gasteiger partial charge in [0.2, 0.25) is 0 Å². The maximum Gasteiger partial charge on any atom is 0.352 e. The summed E-state index contributed by atoms with van der Waals surface area (Å²) in [6.45, 7) is 2.39. The lowest BCUT2D eigenvalue weighted by atomic mass is 10.3. The molecule has 15 heavy (non-hydrogen) atoms. The van der Waals surface area contributed by atoms with E-state index in [1.54, 1.807) is 29.2 Å². The van der Waals surface area contributed by atoms with Gasteiger partial charge in [0.25, 0.3) is 0 Å². The SMILES string of the molecule is Cc1ccoc1Cn1cccc1C(=O)O. The summed E-state index contributed by atoms with van der Waals surface area (Å²) in [6.07, 6.45) is 3.33. The molecule has 0 aromatic carbocycles. The first-order valence-corrected chi connectivity index (χ1v) is 4.60. The minimum Gasteiger partial charge on any atom is -0.477 e. The number of carbonyl (C=O) groups is 1. The summed E-state index contributed by atoms with van der Waals surface area (Å²) in [5.74, 6) is -0.141. The van der Waals surface area contributed by atoms with E-state index in [0.717, 1.165) is 11.3 Å². The fourth-order valence-corrected chi connectivity index (χ4v) is 1.47. The molecule has 0 atom stereocenters. The van der Waals surface area contributed by atoms with Crippen LogP contribution in [0.5, 0.6) is 0 Å². The van der Waals surface area contributed by atoms with E-state index in [4.69, 9.17) is 9.52 Å². The average molecular weight is 205 g/mol. The molecular formula is C11H11NO3. The van der Waals surface area contributed by atoms with Gasteiger partial charge in [0.15, 0.2) is 0 Å². The Bertz CT molecular complexity index is 481. The molecule has 78 valence electrons. The molecule has 2 aromatic heterocycles. The first kappa shape index (κ1) is 9.58. The molecule has 0 radical (unpaired) electrons. The maximum atomic E-state index is 10.8. The van der Waals surface area contributed by atoms with Gasteiger partial charge in [0.1, 0.15) is 11.5 Å². The summed E-state index contributed by atoms with van der Waals surface area (Å²) in [5, 5.41) is 8.90. The van der Waals surface area contributed by atoms with E-state index < -0.39 is 5.97 Å². The van der Waals surface area contributed by atoms with E-state index in [9.17, 15) is 4.79 Å². The second-order valence-corrected chi connectivity index (χ2v) is 3.35. The summed E-state index contributed by atoms with van der Waals surface area (Å²) in [6, 6.07) is 5.14. The highest BCUT2D eigenvalue weighted by Crippen LogP contribution is 2.12. The largest absolute Gasteiger partial charge is 0.477 e. The van der Waals surface area contributed by atoms with Gasteiger partial charge in [-0.25, -0.2) is 4.79 Å². The zero-order chi connectivity index (χ0) is 10.8. The molecule has 0 spiro atoms. The number of nitrogens with zero attached hydrogens (tertiary/aromatic N) is 1. The third-order valence-electron chi connectivity index (χ3n) is 2.33. The normalized spacial score (nSPS) is 10.5. The fraction of sp³-hybridized carbons (Fsp3) is 0.182. The lowest BCUT2D eigenvalue weighted by molar-refractivity contribution is 0.0685. The minimum absolute atomic E-state index is 0.269. The number of furan rings is 1. The van der Waals surface area contributed by atoms with Crippen LogP contribution in [0.1, 0.15) is 21.8 Å². The lowest BCUT2D eigenvalue weighted by Gasteiger charge is -2.04. The van der Waals surface area contributed by atoms with E-state index in [0.29, 0.717) is 6.54 Å². The number of aryl methyl sites for hydroxylation is 1. The molecule has 0 saturated heterocycles. The molecule has 0 bridgehead atoms. The molecular weight excluding hydrogens is 194 g/mol. The lowest BCUT2D eigenvalue weighted by Crippen LogP contribution is -2.08. The van der Waals surface area contributed by atoms with Crippen molar-refractivity contribution in [2.75, 3.05) is 0 Å². The quantitative estimate of drug-likeness (QED) is 0.835. The van der Waals surface area contributed by atoms with E-state index >= 15 is 0 Å². The van der Waals surface area contributed by atoms with Gasteiger partial charge in [0, 0.05) is 6.20 Å². The molecule has 0 saturated carbocycles. The monoisotopic (exact) mass is 205 g/mol. The Hall–Kier alpha value is -1.97. The van der Waals surface area contributed by atoms with Crippen LogP contribution in [-0.2, 0) is 6.54 Å². The zero-order valence-electron chi connectivity index (χ0n) is 8.30. The van der Waals surface area contributed by atoms with Gasteiger partial charge in [-0.1, -0.05) is 0 Å². The Morgan fingerprint density at radius 1 is 1.53 bits per heavy atom. The third kappa shape index (κ3) is 1.79. The van der Waals surface area contributed by atoms with Gasteiger partial charge >= 0.3 is 5.97 Å². The summed E-state index contributed by atoms with van der Waals surface area (Å²) >= 11 is 0. The molecule has 0 aliphatic rings. The molecule has 2 heterocycles. The summed E-state index contributed by atoms with van der Waals surface area (Å²) in [5.41, 5.74) is 1.30. The van der Waals surface area contributed by atoms with Crippen LogP contribution in [0.4, 0.5) is 0 Å². The number of aromatic nitrogens is 1. The number of aromatic carboxylic acids is 1. The first-order chi connectivity index (χ1) is 7.18. The van der Waals surface area contributed by atoms with Crippen molar-refractivity contribution in [1.82, 2.24) is 4.57 Å². The van der Waals surface area contributed by atoms with Crippen molar-refractivity contribution in [2.45, 2.75) is 13.5 Å². The highest BCUT2D eigenvalue weighted by atomic mass is 16.4. The average Bonchev–Trinajstić information content (AvgIpc) is 2.77. The van der Waals surface area contributed by atoms with Gasteiger partial charge in [-0.05, 0) is 30.7 Å². The van der Waals surface area contributed by atoms with Crippen LogP contribution in [-0.4, -0.2) is 15.6 Å². The minimum atomic E-state index is -0.927. The maximum absolute atomic E-state index is 10.8. The zero-order valence-corrected chi connectivity index (χ0v) is 8.30. The van der Waals surface area contributed by atoms with Gasteiger partial charge in [-0.15, -0.1) is 0 Å². The molecule has 0 amide bonds. The van der Waals surface area contributed by atoms with Crippen LogP contribution in [0.3, 0.4) is 0 Å². The predicted octanol–water partition coefficient (Wildman–Crippen LogP) is 2.14. The van der Waals surface area contributed by atoms with Gasteiger partial charge < -0.3 is 14.1 Å². The Morgan fingerprint density at radius 2 is 2.33 bits per heavy atom. The molecule has 0 aliphatic heterocycles. The number of carboxylic acids is 1. The Morgan fingerprint density at radius 3 is 2.93 bits per heavy atom. The predicted molar refractivity (Wildman–Crippen MR) is 53.9 cm³/mol. The number of hydrogen-bond acceptors (Lipinski definition) is 2. The van der Waals surface area contributed by atoms with Crippen LogP contribution in [0, 0.1) is 6.92 Å². The smallest absolute Gasteiger partial charge is 0.352 e. The van der Waals surface area contributed by atoms with Crippen molar-refractivity contribution in [3.05, 3.63) is 47.7 Å². The highest BCUT2D eigenvalue weighted by molar-refractivity contribution is 5.85. The molecule has 2 rings (SSSR count). The van der Waals surface area contributed by atoms with E-state index in [1.165, 1.54) is 0 Å². The van der Waals surface area contributed by atoms with Crippen molar-refractivity contribution in [2.24, 2.45) is 0 Å². The summed E-state index contributed by atoms with van der Waals surface area (Å²) in [7, 11) is 0. The van der Waals surface area contributed by atoms with Crippen LogP contribution < -0.4 is 0 Å². The van der Waals surface area contributed by atoms with Crippen molar-refractivity contribution >= 4 is 5.97 Å². The van der Waals surface area contributed by atoms with E-state index in [2.05, 4.69) is 0 Å². The molecule has 1 N–H and O–H groups in total. The molecule has 4 heteroatoms. The van der Waals surface area contributed by atoms with Gasteiger partial charge in [-0.2, -0.15) is 0 Å². The fourth-order valence-electron chi connectivity index (χ4n) is 1.47. The Balaban J connectivity index is 2.28. The second-order valence-electron chi connectivity index (χ2n) is 3.35. The van der Waals surface area contributed by atoms with Crippen LogP contribution >= 0.6 is 0 Å². The van der Waals surface area contributed by atoms with Gasteiger partial charge in [-0.3, -0.25) is 0 Å². The van der Waals surface area contributed by atoms with E-state index in [-0.39, 0.29) is 5.69 Å². The highest BCUT2D eigenvalue weighted by Gasteiger charge is 2.10.